The molecule has 0 atom stereocenters. The van der Waals surface area contributed by atoms with Crippen LogP contribution in [0.5, 0.6) is 0 Å². The molecule has 1 amide bonds. The molecule has 4 aromatic rings. The minimum atomic E-state index is -0.0395. The number of fused-ring (bicyclic) bond motifs is 1. The Kier molecular flexibility index (Phi) is 5.47. The number of para-hydroxylation sites is 2. The number of aromatic nitrogens is 5. The fourth-order valence-electron chi connectivity index (χ4n) is 3.89. The first-order valence-corrected chi connectivity index (χ1v) is 10.7. The van der Waals surface area contributed by atoms with Crippen LogP contribution in [0.3, 0.4) is 0 Å². The molecule has 0 unspecified atom stereocenters. The summed E-state index contributed by atoms with van der Waals surface area (Å²) < 4.78 is 1.67. The van der Waals surface area contributed by atoms with E-state index in [1.807, 2.05) is 54.6 Å². The third-order valence-corrected chi connectivity index (χ3v) is 5.71. The van der Waals surface area contributed by atoms with Crippen LogP contribution in [0.25, 0.3) is 16.6 Å². The largest absolute Gasteiger partial charge is 0.308 e. The second-order valence-corrected chi connectivity index (χ2v) is 7.94. The van der Waals surface area contributed by atoms with Crippen molar-refractivity contribution in [2.75, 3.05) is 30.8 Å². The predicted octanol–water partition coefficient (Wildman–Crippen LogP) is 3.23. The van der Waals surface area contributed by atoms with Crippen LogP contribution in [0, 0.1) is 5.92 Å². The van der Waals surface area contributed by atoms with E-state index in [9.17, 15) is 4.79 Å². The van der Waals surface area contributed by atoms with Crippen LogP contribution >= 0.6 is 0 Å². The Morgan fingerprint density at radius 2 is 1.75 bits per heavy atom. The van der Waals surface area contributed by atoms with Gasteiger partial charge in [-0.05, 0) is 57.2 Å². The fourth-order valence-corrected chi connectivity index (χ4v) is 3.89. The fraction of sp³-hybridized carbons (Fsp3) is 0.261. The lowest BCUT2D eigenvalue weighted by atomic mass is 9.96. The number of carbonyl (C=O) groups is 1. The Morgan fingerprint density at radius 3 is 2.56 bits per heavy atom. The van der Waals surface area contributed by atoms with Crippen LogP contribution in [-0.4, -0.2) is 55.7 Å². The molecule has 32 heavy (non-hydrogen) atoms. The molecule has 1 fully saturated rings. The van der Waals surface area contributed by atoms with E-state index in [1.165, 1.54) is 6.33 Å². The van der Waals surface area contributed by atoms with Crippen molar-refractivity contribution < 1.29 is 4.79 Å². The number of hydrogen-bond donors (Lipinski definition) is 2. The van der Waals surface area contributed by atoms with E-state index in [2.05, 4.69) is 42.6 Å². The van der Waals surface area contributed by atoms with Crippen molar-refractivity contribution in [1.29, 1.82) is 0 Å². The molecule has 3 heterocycles. The minimum absolute atomic E-state index is 0.0305. The Balaban J connectivity index is 1.46. The number of rotatable bonds is 5. The van der Waals surface area contributed by atoms with Crippen molar-refractivity contribution in [3.8, 4) is 5.69 Å². The van der Waals surface area contributed by atoms with Gasteiger partial charge in [0.15, 0.2) is 0 Å². The highest BCUT2D eigenvalue weighted by Crippen LogP contribution is 2.25. The molecule has 0 radical (unpaired) electrons. The van der Waals surface area contributed by atoms with Gasteiger partial charge >= 0.3 is 0 Å². The Bertz CT molecular complexity index is 1230. The van der Waals surface area contributed by atoms with Crippen molar-refractivity contribution in [2.45, 2.75) is 12.8 Å². The molecule has 5 rings (SSSR count). The molecule has 9 heteroatoms. The third-order valence-electron chi connectivity index (χ3n) is 5.71. The number of amides is 1. The number of nitrogens with zero attached hydrogens (tertiary/aromatic N) is 6. The van der Waals surface area contributed by atoms with E-state index < -0.39 is 0 Å². The van der Waals surface area contributed by atoms with Gasteiger partial charge < -0.3 is 10.2 Å². The summed E-state index contributed by atoms with van der Waals surface area (Å²) in [6, 6.07) is 17.4. The first-order chi connectivity index (χ1) is 15.7. The van der Waals surface area contributed by atoms with Gasteiger partial charge in [0.05, 0.1) is 11.2 Å². The SMILES string of the molecule is CN1CCC(C(=O)Nc2nc(Nc3ncnc4ccccc34)n(-c3ccccc3)n2)CC1. The third kappa shape index (κ3) is 4.15. The molecule has 1 saturated heterocycles. The lowest BCUT2D eigenvalue weighted by Gasteiger charge is -2.27. The summed E-state index contributed by atoms with van der Waals surface area (Å²) in [6.07, 6.45) is 3.18. The summed E-state index contributed by atoms with van der Waals surface area (Å²) in [5.41, 5.74) is 1.65. The van der Waals surface area contributed by atoms with Crippen LogP contribution in [0.4, 0.5) is 17.7 Å². The summed E-state index contributed by atoms with van der Waals surface area (Å²) in [7, 11) is 2.08. The van der Waals surface area contributed by atoms with Gasteiger partial charge in [0.2, 0.25) is 11.9 Å². The molecule has 0 saturated carbocycles. The number of nitrogens with one attached hydrogen (secondary N) is 2. The Hall–Kier alpha value is -3.85. The van der Waals surface area contributed by atoms with Gasteiger partial charge in [-0.25, -0.2) is 9.97 Å². The number of carbonyl (C=O) groups excluding carboxylic acids is 1. The molecule has 1 aliphatic heterocycles. The normalized spacial score (nSPS) is 15.0. The highest BCUT2D eigenvalue weighted by atomic mass is 16.2. The van der Waals surface area contributed by atoms with Gasteiger partial charge in [-0.2, -0.15) is 9.67 Å². The zero-order valence-corrected chi connectivity index (χ0v) is 17.8. The van der Waals surface area contributed by atoms with E-state index in [4.69, 9.17) is 0 Å². The second-order valence-electron chi connectivity index (χ2n) is 7.94. The number of anilines is 3. The van der Waals surface area contributed by atoms with E-state index in [0.717, 1.165) is 42.5 Å². The molecule has 1 aliphatic rings. The lowest BCUT2D eigenvalue weighted by molar-refractivity contribution is -0.121. The average molecular weight is 429 g/mol. The van der Waals surface area contributed by atoms with Crippen molar-refractivity contribution in [1.82, 2.24) is 29.6 Å². The molecular weight excluding hydrogens is 404 g/mol. The van der Waals surface area contributed by atoms with Crippen molar-refractivity contribution in [3.63, 3.8) is 0 Å². The highest BCUT2D eigenvalue weighted by molar-refractivity contribution is 5.92. The van der Waals surface area contributed by atoms with Crippen molar-refractivity contribution >= 4 is 34.5 Å². The zero-order chi connectivity index (χ0) is 21.9. The lowest BCUT2D eigenvalue weighted by Crippen LogP contribution is -2.36. The van der Waals surface area contributed by atoms with Crippen molar-refractivity contribution in [3.05, 3.63) is 60.9 Å². The summed E-state index contributed by atoms with van der Waals surface area (Å²) in [5, 5.41) is 11.6. The monoisotopic (exact) mass is 428 g/mol. The standard InChI is InChI=1S/C23H24N8O/c1-30-13-11-16(12-14-30)21(32)27-22-28-23(31(29-22)17-7-3-2-4-8-17)26-20-18-9-5-6-10-19(18)24-15-25-20/h2-10,15-16H,11-14H2,1H3,(H2,24,25,26,27,28,29,32). The molecule has 0 spiro atoms. The number of piperidine rings is 1. The van der Waals surface area contributed by atoms with Gasteiger partial charge in [-0.3, -0.25) is 10.1 Å². The van der Waals surface area contributed by atoms with Crippen LogP contribution in [0.2, 0.25) is 0 Å². The van der Waals surface area contributed by atoms with Crippen LogP contribution in [0.1, 0.15) is 12.8 Å². The topological polar surface area (TPSA) is 101 Å². The van der Waals surface area contributed by atoms with Gasteiger partial charge in [-0.1, -0.05) is 30.3 Å². The maximum atomic E-state index is 12.8. The molecule has 2 aromatic carbocycles. The van der Waals surface area contributed by atoms with Crippen LogP contribution in [-0.2, 0) is 4.79 Å². The molecule has 162 valence electrons. The zero-order valence-electron chi connectivity index (χ0n) is 17.8. The number of benzene rings is 2. The van der Waals surface area contributed by atoms with E-state index >= 15 is 0 Å². The summed E-state index contributed by atoms with van der Waals surface area (Å²) in [4.78, 5) is 28.3. The number of likely N-dealkylation sites (tertiary alicyclic amines) is 1. The Labute approximate surface area is 185 Å². The maximum absolute atomic E-state index is 12.8. The van der Waals surface area contributed by atoms with Crippen LogP contribution in [0.15, 0.2) is 60.9 Å². The molecule has 9 nitrogen and oxygen atoms in total. The molecule has 2 aromatic heterocycles. The second kappa shape index (κ2) is 8.72. The van der Waals surface area contributed by atoms with Crippen molar-refractivity contribution in [2.24, 2.45) is 5.92 Å². The smallest absolute Gasteiger partial charge is 0.251 e. The molecule has 2 N–H and O–H groups in total. The summed E-state index contributed by atoms with van der Waals surface area (Å²) in [5.74, 6) is 1.27. The maximum Gasteiger partial charge on any atom is 0.251 e. The summed E-state index contributed by atoms with van der Waals surface area (Å²) in [6.45, 7) is 1.83. The molecular formula is C23H24N8O. The minimum Gasteiger partial charge on any atom is -0.308 e. The van der Waals surface area contributed by atoms with Gasteiger partial charge in [0.1, 0.15) is 12.1 Å². The molecule has 0 bridgehead atoms. The summed E-state index contributed by atoms with van der Waals surface area (Å²) >= 11 is 0. The average Bonchev–Trinajstić information content (AvgIpc) is 3.22. The quantitative estimate of drug-likeness (QED) is 0.503. The highest BCUT2D eigenvalue weighted by Gasteiger charge is 2.25. The molecule has 0 aliphatic carbocycles. The van der Waals surface area contributed by atoms with E-state index in [-0.39, 0.29) is 17.8 Å². The van der Waals surface area contributed by atoms with Crippen LogP contribution < -0.4 is 10.6 Å². The van der Waals surface area contributed by atoms with E-state index in [1.54, 1.807) is 4.68 Å². The Morgan fingerprint density at radius 1 is 1.00 bits per heavy atom. The number of hydrogen-bond acceptors (Lipinski definition) is 7. The predicted molar refractivity (Wildman–Crippen MR) is 123 cm³/mol. The van der Waals surface area contributed by atoms with Gasteiger partial charge in [0, 0.05) is 11.3 Å². The first kappa shape index (κ1) is 20.1. The van der Waals surface area contributed by atoms with Gasteiger partial charge in [0.25, 0.3) is 5.95 Å². The van der Waals surface area contributed by atoms with Gasteiger partial charge in [-0.15, -0.1) is 5.10 Å². The first-order valence-electron chi connectivity index (χ1n) is 10.7. The van der Waals surface area contributed by atoms with E-state index in [0.29, 0.717) is 11.8 Å².